The van der Waals surface area contributed by atoms with E-state index in [2.05, 4.69) is 10.0 Å². The molecule has 8 nitrogen and oxygen atoms in total. The number of hydrogen-bond donors (Lipinski definition) is 0. The Morgan fingerprint density at radius 2 is 1.90 bits per heavy atom. The number of fused-ring (bicyclic) bond motifs is 3. The first-order chi connectivity index (χ1) is 9.27. The van der Waals surface area contributed by atoms with E-state index in [1.807, 2.05) is 13.8 Å². The average molecular weight is 285 g/mol. The van der Waals surface area contributed by atoms with Gasteiger partial charge < -0.3 is 23.7 Å². The summed E-state index contributed by atoms with van der Waals surface area (Å²) in [6.07, 6.45) is -1.05. The molecule has 0 aromatic carbocycles. The second-order valence-electron chi connectivity index (χ2n) is 6.19. The molecule has 4 atom stereocenters. The zero-order valence-electron chi connectivity index (χ0n) is 12.0. The van der Waals surface area contributed by atoms with Gasteiger partial charge in [-0.15, -0.1) is 0 Å². The summed E-state index contributed by atoms with van der Waals surface area (Å²) in [6.45, 7) is 7.71. The maximum absolute atomic E-state index is 8.57. The van der Waals surface area contributed by atoms with E-state index < -0.39 is 23.5 Å². The minimum Gasteiger partial charge on any atom is -0.348 e. The largest absolute Gasteiger partial charge is 0.348 e. The summed E-state index contributed by atoms with van der Waals surface area (Å²) >= 11 is 0. The first kappa shape index (κ1) is 14.1. The lowest BCUT2D eigenvalue weighted by atomic mass is 10.0. The maximum Gasteiger partial charge on any atom is 0.206 e. The predicted octanol–water partition coefficient (Wildman–Crippen LogP) is 1.69. The lowest BCUT2D eigenvalue weighted by Crippen LogP contribution is -2.51. The standard InChI is InChI=1S/C12H19N3O5/c1-10(2)16-5-7-8(18-10)9-12(17-7,6-14-15-13)20-11(3,4)19-9/h7-9H,5-6H2,1-4H3. The molecular weight excluding hydrogens is 266 g/mol. The second kappa shape index (κ2) is 4.30. The topological polar surface area (TPSA) is 94.9 Å². The Morgan fingerprint density at radius 3 is 2.60 bits per heavy atom. The molecule has 0 aliphatic carbocycles. The van der Waals surface area contributed by atoms with Crippen molar-refractivity contribution in [3.05, 3.63) is 10.4 Å². The van der Waals surface area contributed by atoms with Crippen molar-refractivity contribution in [1.82, 2.24) is 0 Å². The van der Waals surface area contributed by atoms with Gasteiger partial charge in [-0.05, 0) is 33.2 Å². The molecule has 0 aromatic heterocycles. The molecule has 0 aromatic rings. The normalized spacial score (nSPS) is 44.5. The van der Waals surface area contributed by atoms with Crippen LogP contribution in [-0.2, 0) is 23.7 Å². The molecule has 0 bridgehead atoms. The molecule has 112 valence electrons. The molecule has 0 N–H and O–H groups in total. The highest BCUT2D eigenvalue weighted by atomic mass is 16.9. The van der Waals surface area contributed by atoms with Crippen LogP contribution in [-0.4, -0.2) is 48.8 Å². The smallest absolute Gasteiger partial charge is 0.206 e. The fraction of sp³-hybridized carbons (Fsp3) is 1.00. The number of azide groups is 1. The van der Waals surface area contributed by atoms with E-state index in [9.17, 15) is 0 Å². The molecule has 3 rings (SSSR count). The monoisotopic (exact) mass is 285 g/mol. The van der Waals surface area contributed by atoms with Crippen LogP contribution in [0.4, 0.5) is 0 Å². The highest BCUT2D eigenvalue weighted by Crippen LogP contribution is 2.48. The molecular formula is C12H19N3O5. The van der Waals surface area contributed by atoms with Crippen LogP contribution >= 0.6 is 0 Å². The van der Waals surface area contributed by atoms with E-state index in [4.69, 9.17) is 29.2 Å². The summed E-state index contributed by atoms with van der Waals surface area (Å²) in [5.74, 6) is -2.61. The Hall–Kier alpha value is -0.890. The molecule has 3 aliphatic rings. The van der Waals surface area contributed by atoms with E-state index in [-0.39, 0.29) is 18.8 Å². The zero-order chi connectivity index (χ0) is 14.6. The Balaban J connectivity index is 1.90. The Kier molecular flexibility index (Phi) is 3.02. The van der Waals surface area contributed by atoms with E-state index >= 15 is 0 Å². The highest BCUT2D eigenvalue weighted by Gasteiger charge is 2.66. The van der Waals surface area contributed by atoms with Gasteiger partial charge in [0.1, 0.15) is 18.3 Å². The third kappa shape index (κ3) is 2.18. The second-order valence-corrected chi connectivity index (χ2v) is 6.19. The van der Waals surface area contributed by atoms with E-state index in [1.165, 1.54) is 0 Å². The van der Waals surface area contributed by atoms with Gasteiger partial charge in [-0.2, -0.15) is 0 Å². The van der Waals surface area contributed by atoms with Gasteiger partial charge in [-0.25, -0.2) is 0 Å². The molecule has 0 amide bonds. The quantitative estimate of drug-likeness (QED) is 0.437. The van der Waals surface area contributed by atoms with Crippen LogP contribution in [0.25, 0.3) is 10.4 Å². The highest BCUT2D eigenvalue weighted by molar-refractivity contribution is 5.06. The summed E-state index contributed by atoms with van der Waals surface area (Å²) in [4.78, 5) is 2.79. The minimum atomic E-state index is -1.10. The van der Waals surface area contributed by atoms with Crippen molar-refractivity contribution in [3.8, 4) is 0 Å². The van der Waals surface area contributed by atoms with Crippen LogP contribution in [0.5, 0.6) is 0 Å². The van der Waals surface area contributed by atoms with Gasteiger partial charge in [0.15, 0.2) is 11.6 Å². The van der Waals surface area contributed by atoms with Crippen molar-refractivity contribution in [2.45, 2.75) is 63.4 Å². The van der Waals surface area contributed by atoms with Gasteiger partial charge in [0.05, 0.1) is 13.2 Å². The van der Waals surface area contributed by atoms with Crippen molar-refractivity contribution >= 4 is 0 Å². The Labute approximate surface area is 116 Å². The number of hydrogen-bond acceptors (Lipinski definition) is 6. The summed E-state index contributed by atoms with van der Waals surface area (Å²) in [5, 5.41) is 3.60. The van der Waals surface area contributed by atoms with Crippen LogP contribution in [0, 0.1) is 0 Å². The first-order valence-corrected chi connectivity index (χ1v) is 6.65. The number of rotatable bonds is 2. The van der Waals surface area contributed by atoms with Gasteiger partial charge >= 0.3 is 0 Å². The van der Waals surface area contributed by atoms with E-state index in [0.717, 1.165) is 0 Å². The Morgan fingerprint density at radius 1 is 1.15 bits per heavy atom. The number of ether oxygens (including phenoxy) is 5. The average Bonchev–Trinajstić information content (AvgIpc) is 2.74. The minimum absolute atomic E-state index is 0.0361. The van der Waals surface area contributed by atoms with Gasteiger partial charge in [0.25, 0.3) is 0 Å². The molecule has 3 heterocycles. The van der Waals surface area contributed by atoms with Crippen LogP contribution in [0.15, 0.2) is 5.11 Å². The predicted molar refractivity (Wildman–Crippen MR) is 66.6 cm³/mol. The lowest BCUT2D eigenvalue weighted by molar-refractivity contribution is -0.326. The molecule has 3 saturated heterocycles. The lowest BCUT2D eigenvalue weighted by Gasteiger charge is -2.38. The van der Waals surface area contributed by atoms with Crippen LogP contribution in [0.3, 0.4) is 0 Å². The third-order valence-corrected chi connectivity index (χ3v) is 3.65. The van der Waals surface area contributed by atoms with Gasteiger partial charge in [-0.3, -0.25) is 0 Å². The van der Waals surface area contributed by atoms with Crippen molar-refractivity contribution < 1.29 is 23.7 Å². The summed E-state index contributed by atoms with van der Waals surface area (Å²) in [5.41, 5.74) is 8.57. The fourth-order valence-corrected chi connectivity index (χ4v) is 3.02. The summed E-state index contributed by atoms with van der Waals surface area (Å²) in [7, 11) is 0. The molecule has 3 aliphatic heterocycles. The van der Waals surface area contributed by atoms with Crippen molar-refractivity contribution in [2.75, 3.05) is 13.2 Å². The fourth-order valence-electron chi connectivity index (χ4n) is 3.02. The molecule has 0 radical (unpaired) electrons. The number of nitrogens with zero attached hydrogens (tertiary/aromatic N) is 3. The first-order valence-electron chi connectivity index (χ1n) is 6.65. The van der Waals surface area contributed by atoms with Gasteiger partial charge in [-0.1, -0.05) is 5.11 Å². The molecule has 3 fully saturated rings. The van der Waals surface area contributed by atoms with E-state index in [0.29, 0.717) is 6.61 Å². The molecule has 4 unspecified atom stereocenters. The van der Waals surface area contributed by atoms with Gasteiger partial charge in [0.2, 0.25) is 5.79 Å². The summed E-state index contributed by atoms with van der Waals surface area (Å²) < 4.78 is 29.3. The third-order valence-electron chi connectivity index (χ3n) is 3.65. The van der Waals surface area contributed by atoms with Crippen molar-refractivity contribution in [1.29, 1.82) is 0 Å². The molecule has 0 saturated carbocycles. The molecule has 20 heavy (non-hydrogen) atoms. The molecule has 0 spiro atoms. The van der Waals surface area contributed by atoms with Crippen molar-refractivity contribution in [2.24, 2.45) is 5.11 Å². The summed E-state index contributed by atoms with van der Waals surface area (Å²) in [6, 6.07) is 0. The SMILES string of the molecule is CC1(C)OCC2OC3(CN=[N+]=[N-])OC(C)(C)OC3C2O1. The van der Waals surface area contributed by atoms with Crippen LogP contribution in [0.1, 0.15) is 27.7 Å². The molecule has 8 heteroatoms. The van der Waals surface area contributed by atoms with Crippen LogP contribution in [0.2, 0.25) is 0 Å². The zero-order valence-corrected chi connectivity index (χ0v) is 12.0. The van der Waals surface area contributed by atoms with Crippen molar-refractivity contribution in [3.63, 3.8) is 0 Å². The maximum atomic E-state index is 8.57. The van der Waals surface area contributed by atoms with E-state index in [1.54, 1.807) is 13.8 Å². The van der Waals surface area contributed by atoms with Crippen LogP contribution < -0.4 is 0 Å². The van der Waals surface area contributed by atoms with Gasteiger partial charge in [0, 0.05) is 4.91 Å². The Bertz CT molecular complexity index is 462.